The molecule has 0 aliphatic rings. The molecule has 2 N–H and O–H groups in total. The molecular formula is C12H13F2N3O. The zero-order chi connectivity index (χ0) is 13.1. The van der Waals surface area contributed by atoms with Crippen molar-refractivity contribution in [3.63, 3.8) is 0 Å². The summed E-state index contributed by atoms with van der Waals surface area (Å²) in [5.74, 6) is -1.92. The van der Waals surface area contributed by atoms with Crippen LogP contribution in [0.25, 0.3) is 0 Å². The Bertz CT molecular complexity index is 531. The van der Waals surface area contributed by atoms with Crippen LogP contribution in [0.4, 0.5) is 8.78 Å². The van der Waals surface area contributed by atoms with Gasteiger partial charge in [-0.1, -0.05) is 0 Å². The molecule has 0 aliphatic carbocycles. The maximum absolute atomic E-state index is 13.6. The molecule has 2 rings (SSSR count). The minimum absolute atomic E-state index is 0.0106. The standard InChI is InChI=1S/C12H13F2N3O/c1-17-3-2-9(16-17)7-18-12-10(13)4-8(6-15)5-11(12)14/h2-5H,6-7,15H2,1H3. The van der Waals surface area contributed by atoms with Gasteiger partial charge >= 0.3 is 0 Å². The van der Waals surface area contributed by atoms with E-state index >= 15 is 0 Å². The van der Waals surface area contributed by atoms with Crippen LogP contribution in [-0.2, 0) is 20.2 Å². The maximum atomic E-state index is 13.6. The molecule has 96 valence electrons. The van der Waals surface area contributed by atoms with Gasteiger partial charge in [-0.2, -0.15) is 5.10 Å². The summed E-state index contributed by atoms with van der Waals surface area (Å²) in [6, 6.07) is 4.04. The second-order valence-electron chi connectivity index (χ2n) is 3.86. The smallest absolute Gasteiger partial charge is 0.191 e. The Labute approximate surface area is 103 Å². The first-order chi connectivity index (χ1) is 8.60. The summed E-state index contributed by atoms with van der Waals surface area (Å²) in [7, 11) is 1.75. The second-order valence-corrected chi connectivity index (χ2v) is 3.86. The molecule has 1 aromatic carbocycles. The molecule has 1 heterocycles. The van der Waals surface area contributed by atoms with Crippen molar-refractivity contribution in [1.82, 2.24) is 9.78 Å². The summed E-state index contributed by atoms with van der Waals surface area (Å²) >= 11 is 0. The Morgan fingerprint density at radius 2 is 2.00 bits per heavy atom. The van der Waals surface area contributed by atoms with Crippen LogP contribution < -0.4 is 10.5 Å². The third-order valence-corrected chi connectivity index (χ3v) is 2.43. The predicted molar refractivity (Wildman–Crippen MR) is 61.8 cm³/mol. The number of benzene rings is 1. The number of nitrogens with two attached hydrogens (primary N) is 1. The molecule has 0 spiro atoms. The fraction of sp³-hybridized carbons (Fsp3) is 0.250. The normalized spacial score (nSPS) is 10.7. The second kappa shape index (κ2) is 5.14. The molecule has 0 atom stereocenters. The van der Waals surface area contributed by atoms with Crippen LogP contribution in [0.1, 0.15) is 11.3 Å². The third kappa shape index (κ3) is 2.65. The van der Waals surface area contributed by atoms with Crippen molar-refractivity contribution in [2.45, 2.75) is 13.2 Å². The average Bonchev–Trinajstić information content (AvgIpc) is 2.73. The Morgan fingerprint density at radius 3 is 2.50 bits per heavy atom. The van der Waals surface area contributed by atoms with Crippen LogP contribution in [0.2, 0.25) is 0 Å². The molecule has 0 aliphatic heterocycles. The highest BCUT2D eigenvalue weighted by Gasteiger charge is 2.12. The first kappa shape index (κ1) is 12.5. The Morgan fingerprint density at radius 1 is 1.33 bits per heavy atom. The summed E-state index contributed by atoms with van der Waals surface area (Å²) in [5.41, 5.74) is 6.30. The first-order valence-electron chi connectivity index (χ1n) is 5.39. The number of ether oxygens (including phenoxy) is 1. The molecule has 0 saturated heterocycles. The quantitative estimate of drug-likeness (QED) is 0.903. The fourth-order valence-electron chi connectivity index (χ4n) is 1.55. The Balaban J connectivity index is 2.14. The monoisotopic (exact) mass is 253 g/mol. The van der Waals surface area contributed by atoms with Gasteiger partial charge in [-0.25, -0.2) is 8.78 Å². The number of hydrogen-bond donors (Lipinski definition) is 1. The molecule has 0 fully saturated rings. The van der Waals surface area contributed by atoms with E-state index in [-0.39, 0.29) is 13.2 Å². The molecule has 0 radical (unpaired) electrons. The number of aromatic nitrogens is 2. The maximum Gasteiger partial charge on any atom is 0.191 e. The summed E-state index contributed by atoms with van der Waals surface area (Å²) in [6.07, 6.45) is 1.73. The predicted octanol–water partition coefficient (Wildman–Crippen LogP) is 1.74. The van der Waals surface area contributed by atoms with Crippen molar-refractivity contribution in [1.29, 1.82) is 0 Å². The summed E-state index contributed by atoms with van der Waals surface area (Å²) in [6.45, 7) is 0.0883. The molecule has 2 aromatic rings. The lowest BCUT2D eigenvalue weighted by molar-refractivity contribution is 0.269. The van der Waals surface area contributed by atoms with Crippen LogP contribution >= 0.6 is 0 Å². The highest BCUT2D eigenvalue weighted by molar-refractivity contribution is 5.31. The van der Waals surface area contributed by atoms with Gasteiger partial charge in [0.15, 0.2) is 17.4 Å². The topological polar surface area (TPSA) is 53.1 Å². The number of rotatable bonds is 4. The van der Waals surface area contributed by atoms with Gasteiger partial charge in [0.05, 0.1) is 5.69 Å². The number of nitrogens with zero attached hydrogens (tertiary/aromatic N) is 2. The largest absolute Gasteiger partial charge is 0.481 e. The van der Waals surface area contributed by atoms with Crippen molar-refractivity contribution in [3.8, 4) is 5.75 Å². The number of aryl methyl sites for hydroxylation is 1. The van der Waals surface area contributed by atoms with Crippen molar-refractivity contribution in [3.05, 3.63) is 47.3 Å². The first-order valence-corrected chi connectivity index (χ1v) is 5.39. The van der Waals surface area contributed by atoms with Crippen LogP contribution in [0.5, 0.6) is 5.75 Å². The van der Waals surface area contributed by atoms with E-state index in [0.717, 1.165) is 12.1 Å². The highest BCUT2D eigenvalue weighted by atomic mass is 19.1. The van der Waals surface area contributed by atoms with E-state index in [0.29, 0.717) is 11.3 Å². The molecule has 4 nitrogen and oxygen atoms in total. The number of halogens is 2. The summed E-state index contributed by atoms with van der Waals surface area (Å²) < 4.78 is 33.8. The van der Waals surface area contributed by atoms with Gasteiger partial charge in [0.1, 0.15) is 6.61 Å². The van der Waals surface area contributed by atoms with Gasteiger partial charge in [-0.3, -0.25) is 4.68 Å². The molecule has 0 saturated carbocycles. The van der Waals surface area contributed by atoms with Gasteiger partial charge < -0.3 is 10.5 Å². The van der Waals surface area contributed by atoms with Crippen LogP contribution in [0.15, 0.2) is 24.4 Å². The lowest BCUT2D eigenvalue weighted by atomic mass is 10.2. The van der Waals surface area contributed by atoms with Crippen molar-refractivity contribution < 1.29 is 13.5 Å². The van der Waals surface area contributed by atoms with Gasteiger partial charge in [0.25, 0.3) is 0 Å². The molecular weight excluding hydrogens is 240 g/mol. The van der Waals surface area contributed by atoms with Crippen molar-refractivity contribution >= 4 is 0 Å². The third-order valence-electron chi connectivity index (χ3n) is 2.43. The van der Waals surface area contributed by atoms with E-state index in [9.17, 15) is 8.78 Å². The van der Waals surface area contributed by atoms with Gasteiger partial charge in [0, 0.05) is 19.8 Å². The summed E-state index contributed by atoms with van der Waals surface area (Å²) in [5, 5.41) is 4.05. The average molecular weight is 253 g/mol. The molecule has 0 amide bonds. The lowest BCUT2D eigenvalue weighted by Gasteiger charge is -2.08. The molecule has 0 bridgehead atoms. The van der Waals surface area contributed by atoms with Gasteiger partial charge in [-0.15, -0.1) is 0 Å². The van der Waals surface area contributed by atoms with E-state index in [1.54, 1.807) is 24.0 Å². The van der Waals surface area contributed by atoms with Crippen molar-refractivity contribution in [2.75, 3.05) is 0 Å². The highest BCUT2D eigenvalue weighted by Crippen LogP contribution is 2.24. The van der Waals surface area contributed by atoms with Crippen LogP contribution in [0, 0.1) is 11.6 Å². The molecule has 18 heavy (non-hydrogen) atoms. The molecule has 0 unspecified atom stereocenters. The lowest BCUT2D eigenvalue weighted by Crippen LogP contribution is -2.04. The van der Waals surface area contributed by atoms with Crippen molar-refractivity contribution in [2.24, 2.45) is 12.8 Å². The van der Waals surface area contributed by atoms with E-state index < -0.39 is 17.4 Å². The molecule has 6 heteroatoms. The van der Waals surface area contributed by atoms with Crippen LogP contribution in [0.3, 0.4) is 0 Å². The minimum Gasteiger partial charge on any atom is -0.481 e. The fourth-order valence-corrected chi connectivity index (χ4v) is 1.55. The minimum atomic E-state index is -0.758. The van der Waals surface area contributed by atoms with Gasteiger partial charge in [0.2, 0.25) is 0 Å². The zero-order valence-electron chi connectivity index (χ0n) is 9.86. The zero-order valence-corrected chi connectivity index (χ0v) is 9.86. The van der Waals surface area contributed by atoms with E-state index in [2.05, 4.69) is 5.10 Å². The number of hydrogen-bond acceptors (Lipinski definition) is 3. The Kier molecular flexibility index (Phi) is 3.57. The Hall–Kier alpha value is -1.95. The van der Waals surface area contributed by atoms with E-state index in [1.165, 1.54) is 0 Å². The summed E-state index contributed by atoms with van der Waals surface area (Å²) in [4.78, 5) is 0. The van der Waals surface area contributed by atoms with Crippen LogP contribution in [-0.4, -0.2) is 9.78 Å². The van der Waals surface area contributed by atoms with E-state index in [4.69, 9.17) is 10.5 Å². The van der Waals surface area contributed by atoms with E-state index in [1.807, 2.05) is 0 Å². The SMILES string of the molecule is Cn1ccc(COc2c(F)cc(CN)cc2F)n1. The molecule has 1 aromatic heterocycles. The van der Waals surface area contributed by atoms with Gasteiger partial charge in [-0.05, 0) is 23.8 Å².